The third-order valence-electron chi connectivity index (χ3n) is 4.70. The minimum absolute atomic E-state index is 0.0423. The van der Waals surface area contributed by atoms with Gasteiger partial charge < -0.3 is 19.7 Å². The average molecular weight is 370 g/mol. The first-order valence-corrected chi connectivity index (χ1v) is 9.25. The standard InChI is InChI=1S/C20H26N4O3/c1-15-3-8-19(23-22-15)24-12-9-16(10-13-24)20(25)21-11-14-27-18-6-4-17(26-2)5-7-18/h3-8,16H,9-14H2,1-2H3,(H,21,25). The zero-order chi connectivity index (χ0) is 19.1. The molecule has 1 fully saturated rings. The summed E-state index contributed by atoms with van der Waals surface area (Å²) in [6.45, 7) is 4.49. The molecule has 0 spiro atoms. The van der Waals surface area contributed by atoms with Crippen molar-refractivity contribution in [3.63, 3.8) is 0 Å². The van der Waals surface area contributed by atoms with Crippen LogP contribution in [0.1, 0.15) is 18.5 Å². The van der Waals surface area contributed by atoms with Crippen LogP contribution in [-0.4, -0.2) is 49.5 Å². The van der Waals surface area contributed by atoms with Crippen LogP contribution >= 0.6 is 0 Å². The van der Waals surface area contributed by atoms with E-state index in [0.29, 0.717) is 13.2 Å². The molecule has 0 aliphatic carbocycles. The molecule has 0 radical (unpaired) electrons. The summed E-state index contributed by atoms with van der Waals surface area (Å²) in [6, 6.07) is 11.3. The molecule has 1 amide bonds. The minimum atomic E-state index is 0.0423. The van der Waals surface area contributed by atoms with Crippen molar-refractivity contribution in [1.82, 2.24) is 15.5 Å². The average Bonchev–Trinajstić information content (AvgIpc) is 2.72. The van der Waals surface area contributed by atoms with Gasteiger partial charge in [0, 0.05) is 19.0 Å². The largest absolute Gasteiger partial charge is 0.497 e. The lowest BCUT2D eigenvalue weighted by atomic mass is 9.96. The molecule has 7 heteroatoms. The number of benzene rings is 1. The van der Waals surface area contributed by atoms with Crippen LogP contribution in [0.2, 0.25) is 0 Å². The number of nitrogens with zero attached hydrogens (tertiary/aromatic N) is 3. The van der Waals surface area contributed by atoms with Crippen LogP contribution in [0.4, 0.5) is 5.82 Å². The van der Waals surface area contributed by atoms with Gasteiger partial charge in [-0.2, -0.15) is 5.10 Å². The van der Waals surface area contributed by atoms with Crippen molar-refractivity contribution in [2.45, 2.75) is 19.8 Å². The van der Waals surface area contributed by atoms with E-state index in [1.807, 2.05) is 43.3 Å². The van der Waals surface area contributed by atoms with Gasteiger partial charge in [-0.3, -0.25) is 4.79 Å². The van der Waals surface area contributed by atoms with Crippen LogP contribution in [0.25, 0.3) is 0 Å². The van der Waals surface area contributed by atoms with Gasteiger partial charge in [0.2, 0.25) is 5.91 Å². The smallest absolute Gasteiger partial charge is 0.223 e. The molecule has 1 aliphatic rings. The minimum Gasteiger partial charge on any atom is -0.497 e. The highest BCUT2D eigenvalue weighted by molar-refractivity contribution is 5.78. The van der Waals surface area contributed by atoms with Crippen LogP contribution in [0, 0.1) is 12.8 Å². The highest BCUT2D eigenvalue weighted by Gasteiger charge is 2.25. The molecule has 0 bridgehead atoms. The van der Waals surface area contributed by atoms with E-state index in [1.165, 1.54) is 0 Å². The summed E-state index contributed by atoms with van der Waals surface area (Å²) in [4.78, 5) is 14.5. The molecule has 7 nitrogen and oxygen atoms in total. The van der Waals surface area contributed by atoms with Gasteiger partial charge >= 0.3 is 0 Å². The van der Waals surface area contributed by atoms with Crippen molar-refractivity contribution < 1.29 is 14.3 Å². The Bertz CT molecular complexity index is 726. The molecule has 0 atom stereocenters. The lowest BCUT2D eigenvalue weighted by Crippen LogP contribution is -2.41. The number of nitrogens with one attached hydrogen (secondary N) is 1. The van der Waals surface area contributed by atoms with E-state index in [1.54, 1.807) is 7.11 Å². The number of carbonyl (C=O) groups is 1. The number of rotatable bonds is 7. The van der Waals surface area contributed by atoms with Gasteiger partial charge in [-0.1, -0.05) is 0 Å². The second-order valence-corrected chi connectivity index (χ2v) is 6.61. The molecule has 1 aromatic heterocycles. The maximum Gasteiger partial charge on any atom is 0.223 e. The van der Waals surface area contributed by atoms with Crippen LogP contribution < -0.4 is 19.7 Å². The molecule has 2 aromatic rings. The van der Waals surface area contributed by atoms with Crippen molar-refractivity contribution >= 4 is 11.7 Å². The van der Waals surface area contributed by atoms with E-state index in [-0.39, 0.29) is 11.8 Å². The van der Waals surface area contributed by atoms with E-state index in [2.05, 4.69) is 20.4 Å². The third-order valence-corrected chi connectivity index (χ3v) is 4.70. The second kappa shape index (κ2) is 9.21. The number of hydrogen-bond donors (Lipinski definition) is 1. The maximum absolute atomic E-state index is 12.4. The highest BCUT2D eigenvalue weighted by Crippen LogP contribution is 2.21. The fourth-order valence-electron chi connectivity index (χ4n) is 3.09. The number of anilines is 1. The lowest BCUT2D eigenvalue weighted by Gasteiger charge is -2.31. The summed E-state index contributed by atoms with van der Waals surface area (Å²) in [6.07, 6.45) is 1.64. The molecule has 0 saturated carbocycles. The Morgan fingerprint density at radius 2 is 1.81 bits per heavy atom. The number of methoxy groups -OCH3 is 1. The third kappa shape index (κ3) is 5.32. The molecule has 0 unspecified atom stereocenters. The van der Waals surface area contributed by atoms with Crippen LogP contribution in [0.5, 0.6) is 11.5 Å². The molecule has 1 aromatic carbocycles. The Hall–Kier alpha value is -2.83. The van der Waals surface area contributed by atoms with E-state index >= 15 is 0 Å². The molecular formula is C20H26N4O3. The van der Waals surface area contributed by atoms with E-state index in [4.69, 9.17) is 9.47 Å². The zero-order valence-electron chi connectivity index (χ0n) is 15.9. The Morgan fingerprint density at radius 3 is 2.44 bits per heavy atom. The Labute approximate surface area is 159 Å². The van der Waals surface area contributed by atoms with Crippen molar-refractivity contribution in [3.05, 3.63) is 42.1 Å². The summed E-state index contributed by atoms with van der Waals surface area (Å²) in [7, 11) is 1.63. The van der Waals surface area contributed by atoms with Crippen molar-refractivity contribution in [2.75, 3.05) is 38.3 Å². The van der Waals surface area contributed by atoms with Crippen LogP contribution in [0.15, 0.2) is 36.4 Å². The zero-order valence-corrected chi connectivity index (χ0v) is 15.9. The quantitative estimate of drug-likeness (QED) is 0.753. The molecular weight excluding hydrogens is 344 g/mol. The number of carbonyl (C=O) groups excluding carboxylic acids is 1. The summed E-state index contributed by atoms with van der Waals surface area (Å²) in [5.41, 5.74) is 0.907. The van der Waals surface area contributed by atoms with Gasteiger partial charge in [0.05, 0.1) is 19.3 Å². The second-order valence-electron chi connectivity index (χ2n) is 6.61. The normalized spacial score (nSPS) is 14.7. The number of hydrogen-bond acceptors (Lipinski definition) is 6. The topological polar surface area (TPSA) is 76.6 Å². The van der Waals surface area contributed by atoms with Gasteiger partial charge in [-0.15, -0.1) is 5.10 Å². The summed E-state index contributed by atoms with van der Waals surface area (Å²) in [5, 5.41) is 11.3. The van der Waals surface area contributed by atoms with Gasteiger partial charge in [0.1, 0.15) is 18.1 Å². The first-order chi connectivity index (χ1) is 13.2. The first kappa shape index (κ1) is 18.9. The Kier molecular flexibility index (Phi) is 6.46. The van der Waals surface area contributed by atoms with Gasteiger partial charge in [0.25, 0.3) is 0 Å². The van der Waals surface area contributed by atoms with E-state index < -0.39 is 0 Å². The Balaban J connectivity index is 1.36. The van der Waals surface area contributed by atoms with Crippen molar-refractivity contribution in [1.29, 1.82) is 0 Å². The monoisotopic (exact) mass is 370 g/mol. The lowest BCUT2D eigenvalue weighted by molar-refractivity contribution is -0.125. The van der Waals surface area contributed by atoms with Crippen molar-refractivity contribution in [3.8, 4) is 11.5 Å². The fourth-order valence-corrected chi connectivity index (χ4v) is 3.09. The van der Waals surface area contributed by atoms with Gasteiger partial charge in [0.15, 0.2) is 5.82 Å². The predicted octanol–water partition coefficient (Wildman–Crippen LogP) is 2.21. The van der Waals surface area contributed by atoms with Gasteiger partial charge in [-0.05, 0) is 56.2 Å². The Morgan fingerprint density at radius 1 is 1.11 bits per heavy atom. The SMILES string of the molecule is COc1ccc(OCCNC(=O)C2CCN(c3ccc(C)nn3)CC2)cc1. The van der Waals surface area contributed by atoms with Crippen LogP contribution in [0.3, 0.4) is 0 Å². The fraction of sp³-hybridized carbons (Fsp3) is 0.450. The summed E-state index contributed by atoms with van der Waals surface area (Å²) in [5.74, 6) is 2.58. The molecule has 1 saturated heterocycles. The van der Waals surface area contributed by atoms with Crippen LogP contribution in [-0.2, 0) is 4.79 Å². The van der Waals surface area contributed by atoms with E-state index in [0.717, 1.165) is 48.9 Å². The van der Waals surface area contributed by atoms with E-state index in [9.17, 15) is 4.79 Å². The molecule has 3 rings (SSSR count). The molecule has 1 aliphatic heterocycles. The first-order valence-electron chi connectivity index (χ1n) is 9.25. The van der Waals surface area contributed by atoms with Crippen molar-refractivity contribution in [2.24, 2.45) is 5.92 Å². The molecule has 2 heterocycles. The molecule has 1 N–H and O–H groups in total. The summed E-state index contributed by atoms with van der Waals surface area (Å²) >= 11 is 0. The van der Waals surface area contributed by atoms with Gasteiger partial charge in [-0.25, -0.2) is 0 Å². The maximum atomic E-state index is 12.4. The number of piperidine rings is 1. The number of aromatic nitrogens is 2. The number of aryl methyl sites for hydroxylation is 1. The molecule has 144 valence electrons. The molecule has 27 heavy (non-hydrogen) atoms. The summed E-state index contributed by atoms with van der Waals surface area (Å²) < 4.78 is 10.7. The number of amides is 1. The highest BCUT2D eigenvalue weighted by atomic mass is 16.5. The number of ether oxygens (including phenoxy) is 2. The predicted molar refractivity (Wildman–Crippen MR) is 103 cm³/mol.